The van der Waals surface area contributed by atoms with Crippen LogP contribution in [-0.4, -0.2) is 98.9 Å². The van der Waals surface area contributed by atoms with E-state index in [0.29, 0.717) is 13.0 Å². The first kappa shape index (κ1) is 54.6. The molecule has 6 unspecified atom stereocenters. The summed E-state index contributed by atoms with van der Waals surface area (Å²) in [5, 5.41) is 50.1. The van der Waals surface area contributed by atoms with Crippen LogP contribution in [0.15, 0.2) is 36.5 Å². The monoisotopic (exact) mass is 847 g/mol. The first-order chi connectivity index (χ1) is 28.0. The molecule has 1 fully saturated rings. The van der Waals surface area contributed by atoms with E-state index in [9.17, 15) is 39.8 Å². The van der Waals surface area contributed by atoms with E-state index >= 15 is 0 Å². The second-order valence-electron chi connectivity index (χ2n) is 15.9. The van der Waals surface area contributed by atoms with Crippen LogP contribution in [0.3, 0.4) is 0 Å². The van der Waals surface area contributed by atoms with Crippen LogP contribution in [0.2, 0.25) is 0 Å². The van der Waals surface area contributed by atoms with Crippen molar-refractivity contribution in [3.63, 3.8) is 0 Å². The molecule has 1 aliphatic carbocycles. The summed E-state index contributed by atoms with van der Waals surface area (Å²) in [7, 11) is -5.02. The lowest BCUT2D eigenvalue weighted by Crippen LogP contribution is -2.64. The number of allylic oxidation sites excluding steroid dienone is 6. The third kappa shape index (κ3) is 28.2. The maximum Gasteiger partial charge on any atom is 0.472 e. The van der Waals surface area contributed by atoms with Crippen LogP contribution < -0.4 is 0 Å². The summed E-state index contributed by atoms with van der Waals surface area (Å²) >= 11 is 0. The normalized spacial score (nSPS) is 23.0. The first-order valence-corrected chi connectivity index (χ1v) is 24.3. The van der Waals surface area contributed by atoms with Gasteiger partial charge in [0.1, 0.15) is 42.7 Å². The number of hydrogen-bond acceptors (Lipinski definition) is 11. The van der Waals surface area contributed by atoms with Crippen molar-refractivity contribution in [2.75, 3.05) is 19.8 Å². The van der Waals surface area contributed by atoms with E-state index in [1.165, 1.54) is 77.0 Å². The predicted molar refractivity (Wildman–Crippen MR) is 230 cm³/mol. The van der Waals surface area contributed by atoms with Crippen molar-refractivity contribution in [3.05, 3.63) is 36.5 Å². The molecule has 1 rings (SSSR count). The molecule has 0 spiro atoms. The number of carbonyl (C=O) groups is 1. The number of phosphoric ester groups is 1. The van der Waals surface area contributed by atoms with Crippen molar-refractivity contribution >= 4 is 13.8 Å². The van der Waals surface area contributed by atoms with E-state index < -0.39 is 63.1 Å². The van der Waals surface area contributed by atoms with Gasteiger partial charge in [0.15, 0.2) is 0 Å². The highest BCUT2D eigenvalue weighted by atomic mass is 31.2. The number of esters is 1. The quantitative estimate of drug-likeness (QED) is 0.0150. The summed E-state index contributed by atoms with van der Waals surface area (Å²) in [5.41, 5.74) is 0. The number of aliphatic hydroxyl groups excluding tert-OH is 5. The summed E-state index contributed by atoms with van der Waals surface area (Å²) in [5.74, 6) is -0.494. The van der Waals surface area contributed by atoms with Crippen LogP contribution in [0.5, 0.6) is 0 Å². The molecule has 0 aromatic heterocycles. The molecule has 340 valence electrons. The molecule has 58 heavy (non-hydrogen) atoms. The molecule has 0 saturated heterocycles. The largest absolute Gasteiger partial charge is 0.472 e. The average molecular weight is 847 g/mol. The van der Waals surface area contributed by atoms with Crippen molar-refractivity contribution in [2.45, 2.75) is 224 Å². The van der Waals surface area contributed by atoms with Crippen LogP contribution in [-0.2, 0) is 27.9 Å². The molecule has 1 aliphatic rings. The van der Waals surface area contributed by atoms with Gasteiger partial charge in [-0.1, -0.05) is 147 Å². The van der Waals surface area contributed by atoms with E-state index in [4.69, 9.17) is 18.5 Å². The maximum atomic E-state index is 12.8. The Morgan fingerprint density at radius 2 is 0.983 bits per heavy atom. The highest BCUT2D eigenvalue weighted by Gasteiger charge is 2.51. The summed E-state index contributed by atoms with van der Waals surface area (Å²) in [6.45, 7) is 4.18. The second kappa shape index (κ2) is 36.2. The number of ether oxygens (including phenoxy) is 2. The molecule has 0 aliphatic heterocycles. The molecule has 0 bridgehead atoms. The zero-order valence-electron chi connectivity index (χ0n) is 36.1. The standard InChI is InChI=1S/C45H83O12P/c1-3-5-7-9-11-13-15-17-19-20-21-23-25-27-29-31-33-35-54-36-38(37-55-58(52,53)57-45-43(50)41(48)40(47)42(49)44(45)51)56-39(46)34-32-30-28-26-24-22-18-16-14-12-10-8-6-4-2/h10,12,16,18-20,38,40-45,47-51H,3-9,11,13-15,17,21-37H2,1-2H3,(H,52,53)/b12-10-,18-16-,20-19-. The second-order valence-corrected chi connectivity index (χ2v) is 17.3. The Morgan fingerprint density at radius 3 is 1.52 bits per heavy atom. The van der Waals surface area contributed by atoms with Gasteiger partial charge in [0.2, 0.25) is 0 Å². The van der Waals surface area contributed by atoms with Crippen molar-refractivity contribution in [1.29, 1.82) is 0 Å². The SMILES string of the molecule is CCCC/C=C\C/C=C\CCCCCCCC(=O)OC(COCCCCCCCC/C=C\CCCCCCCCC)COP(=O)(O)OC1C(O)C(O)C(O)C(O)C1O. The summed E-state index contributed by atoms with van der Waals surface area (Å²) in [6.07, 6.45) is 29.3. The van der Waals surface area contributed by atoms with Gasteiger partial charge in [0, 0.05) is 13.0 Å². The van der Waals surface area contributed by atoms with Crippen LogP contribution in [0.4, 0.5) is 0 Å². The zero-order chi connectivity index (χ0) is 42.7. The Balaban J connectivity index is 2.41. The highest BCUT2D eigenvalue weighted by Crippen LogP contribution is 2.47. The fourth-order valence-electron chi connectivity index (χ4n) is 6.78. The van der Waals surface area contributed by atoms with Crippen molar-refractivity contribution < 1.29 is 58.3 Å². The fourth-order valence-corrected chi connectivity index (χ4v) is 7.75. The van der Waals surface area contributed by atoms with Gasteiger partial charge in [-0.2, -0.15) is 0 Å². The van der Waals surface area contributed by atoms with E-state index in [2.05, 4.69) is 50.3 Å². The minimum atomic E-state index is -5.02. The first-order valence-electron chi connectivity index (χ1n) is 22.8. The number of hydrogen-bond donors (Lipinski definition) is 6. The third-order valence-electron chi connectivity index (χ3n) is 10.5. The third-order valence-corrected chi connectivity index (χ3v) is 11.5. The molecule has 0 aromatic rings. The molecule has 6 N–H and O–H groups in total. The van der Waals surface area contributed by atoms with Gasteiger partial charge in [-0.25, -0.2) is 4.57 Å². The average Bonchev–Trinajstić information content (AvgIpc) is 3.21. The number of rotatable bonds is 38. The summed E-state index contributed by atoms with van der Waals surface area (Å²) < 4.78 is 34.1. The molecule has 13 heteroatoms. The molecule has 1 saturated carbocycles. The molecular weight excluding hydrogens is 763 g/mol. The summed E-state index contributed by atoms with van der Waals surface area (Å²) in [4.78, 5) is 23.1. The Bertz CT molecular complexity index is 1100. The van der Waals surface area contributed by atoms with Gasteiger partial charge >= 0.3 is 13.8 Å². The van der Waals surface area contributed by atoms with Gasteiger partial charge < -0.3 is 39.9 Å². The van der Waals surface area contributed by atoms with Crippen molar-refractivity contribution in [3.8, 4) is 0 Å². The lowest BCUT2D eigenvalue weighted by Gasteiger charge is -2.41. The van der Waals surface area contributed by atoms with Crippen molar-refractivity contribution in [2.24, 2.45) is 0 Å². The lowest BCUT2D eigenvalue weighted by molar-refractivity contribution is -0.220. The Labute approximate surface area is 351 Å². The van der Waals surface area contributed by atoms with Crippen LogP contribution in [0, 0.1) is 0 Å². The van der Waals surface area contributed by atoms with Gasteiger partial charge in [-0.15, -0.1) is 0 Å². The van der Waals surface area contributed by atoms with E-state index in [0.717, 1.165) is 77.0 Å². The smallest absolute Gasteiger partial charge is 0.457 e. The molecule has 0 heterocycles. The lowest BCUT2D eigenvalue weighted by atomic mass is 9.85. The highest BCUT2D eigenvalue weighted by molar-refractivity contribution is 7.47. The number of aliphatic hydroxyl groups is 5. The minimum absolute atomic E-state index is 0.0860. The van der Waals surface area contributed by atoms with E-state index in [1.807, 2.05) is 0 Å². The van der Waals surface area contributed by atoms with Gasteiger partial charge in [-0.05, 0) is 64.2 Å². The Morgan fingerprint density at radius 1 is 0.552 bits per heavy atom. The molecule has 0 radical (unpaired) electrons. The zero-order valence-corrected chi connectivity index (χ0v) is 37.0. The van der Waals surface area contributed by atoms with Crippen LogP contribution in [0.1, 0.15) is 181 Å². The minimum Gasteiger partial charge on any atom is -0.457 e. The molecule has 0 amide bonds. The molecule has 6 atom stereocenters. The van der Waals surface area contributed by atoms with E-state index in [1.54, 1.807) is 0 Å². The van der Waals surface area contributed by atoms with E-state index in [-0.39, 0.29) is 13.0 Å². The fraction of sp³-hybridized carbons (Fsp3) is 0.844. The van der Waals surface area contributed by atoms with Gasteiger partial charge in [-0.3, -0.25) is 13.8 Å². The van der Waals surface area contributed by atoms with Crippen LogP contribution >= 0.6 is 7.82 Å². The summed E-state index contributed by atoms with van der Waals surface area (Å²) in [6, 6.07) is 0. The number of unbranched alkanes of at least 4 members (excludes halogenated alkanes) is 20. The van der Waals surface area contributed by atoms with Crippen LogP contribution in [0.25, 0.3) is 0 Å². The van der Waals surface area contributed by atoms with Crippen molar-refractivity contribution in [1.82, 2.24) is 0 Å². The number of carbonyl (C=O) groups excluding carboxylic acids is 1. The maximum absolute atomic E-state index is 12.8. The Hall–Kier alpha value is -1.44. The molecule has 12 nitrogen and oxygen atoms in total. The van der Waals surface area contributed by atoms with Gasteiger partial charge in [0.05, 0.1) is 13.2 Å². The molecular formula is C45H83O12P. The topological polar surface area (TPSA) is 192 Å². The number of phosphoric acid groups is 1. The molecule has 0 aromatic carbocycles. The van der Waals surface area contributed by atoms with Gasteiger partial charge in [0.25, 0.3) is 0 Å². The predicted octanol–water partition coefficient (Wildman–Crippen LogP) is 9.09. The Kier molecular flexibility index (Phi) is 34.1.